The molecule has 2 aromatic rings. The summed E-state index contributed by atoms with van der Waals surface area (Å²) in [6.45, 7) is 3.71. The molecule has 0 bridgehead atoms. The Bertz CT molecular complexity index is 822. The molecule has 0 spiro atoms. The van der Waals surface area contributed by atoms with Gasteiger partial charge in [0.1, 0.15) is 5.75 Å². The number of rotatable bonds is 6. The fourth-order valence-electron chi connectivity index (χ4n) is 2.89. The lowest BCUT2D eigenvalue weighted by molar-refractivity contribution is 0.168. The van der Waals surface area contributed by atoms with Gasteiger partial charge in [0.25, 0.3) is 0 Å². The molecule has 8 nitrogen and oxygen atoms in total. The van der Waals surface area contributed by atoms with Gasteiger partial charge >= 0.3 is 12.1 Å². The molecule has 0 radical (unpaired) electrons. The predicted octanol–water partition coefficient (Wildman–Crippen LogP) is 3.03. The number of carbonyl (C=O) groups is 2. The number of hydrogen-bond acceptors (Lipinski definition) is 6. The summed E-state index contributed by atoms with van der Waals surface area (Å²) < 4.78 is 10.0. The number of amides is 3. The van der Waals surface area contributed by atoms with Gasteiger partial charge in [-0.25, -0.2) is 14.6 Å². The maximum Gasteiger partial charge on any atom is 0.413 e. The number of aromatic nitrogens is 1. The first-order valence-corrected chi connectivity index (χ1v) is 9.98. The molecule has 0 saturated heterocycles. The minimum absolute atomic E-state index is 0.0903. The smallest absolute Gasteiger partial charge is 0.413 e. The third-order valence-corrected chi connectivity index (χ3v) is 5.35. The van der Waals surface area contributed by atoms with Gasteiger partial charge in [-0.05, 0) is 31.0 Å². The molecule has 9 heteroatoms. The van der Waals surface area contributed by atoms with E-state index in [-0.39, 0.29) is 6.03 Å². The molecule has 1 aromatic heterocycles. The van der Waals surface area contributed by atoms with Crippen molar-refractivity contribution in [3.63, 3.8) is 0 Å². The first kappa shape index (κ1) is 19.9. The van der Waals surface area contributed by atoms with Gasteiger partial charge in [0.2, 0.25) is 0 Å². The zero-order valence-electron chi connectivity index (χ0n) is 16.0. The summed E-state index contributed by atoms with van der Waals surface area (Å²) in [7, 11) is 1.64. The predicted molar refractivity (Wildman–Crippen MR) is 107 cm³/mol. The minimum Gasteiger partial charge on any atom is -0.497 e. The van der Waals surface area contributed by atoms with E-state index in [0.717, 1.165) is 28.3 Å². The Morgan fingerprint density at radius 2 is 2.07 bits per heavy atom. The fraction of sp³-hybridized carbons (Fsp3) is 0.421. The van der Waals surface area contributed by atoms with E-state index >= 15 is 0 Å². The van der Waals surface area contributed by atoms with Gasteiger partial charge in [0.05, 0.1) is 26.0 Å². The van der Waals surface area contributed by atoms with Crippen LogP contribution >= 0.6 is 11.3 Å². The Kier molecular flexibility index (Phi) is 6.70. The normalized spacial score (nSPS) is 12.9. The molecule has 0 fully saturated rings. The lowest BCUT2D eigenvalue weighted by Crippen LogP contribution is -2.43. The fourth-order valence-corrected chi connectivity index (χ4v) is 3.90. The Labute approximate surface area is 167 Å². The second-order valence-electron chi connectivity index (χ2n) is 6.24. The molecule has 0 saturated carbocycles. The molecular weight excluding hydrogens is 380 g/mol. The first-order chi connectivity index (χ1) is 13.6. The van der Waals surface area contributed by atoms with E-state index < -0.39 is 6.09 Å². The van der Waals surface area contributed by atoms with Crippen molar-refractivity contribution >= 4 is 28.6 Å². The summed E-state index contributed by atoms with van der Waals surface area (Å²) in [5.74, 6) is 0.818. The summed E-state index contributed by atoms with van der Waals surface area (Å²) in [6.07, 6.45) is 0.910. The van der Waals surface area contributed by atoms with Gasteiger partial charge < -0.3 is 19.7 Å². The average Bonchev–Trinajstić information content (AvgIpc) is 3.09. The summed E-state index contributed by atoms with van der Waals surface area (Å²) in [4.78, 5) is 31.2. The molecule has 150 valence electrons. The van der Waals surface area contributed by atoms with Gasteiger partial charge in [-0.15, -0.1) is 0 Å². The number of fused-ring (bicyclic) bond motifs is 1. The van der Waals surface area contributed by atoms with Crippen LogP contribution in [0.4, 0.5) is 14.7 Å². The molecule has 1 aliphatic heterocycles. The number of thiazole rings is 1. The van der Waals surface area contributed by atoms with E-state index in [2.05, 4.69) is 15.6 Å². The number of urea groups is 1. The van der Waals surface area contributed by atoms with Crippen LogP contribution in [0.25, 0.3) is 0 Å². The molecule has 28 heavy (non-hydrogen) atoms. The highest BCUT2D eigenvalue weighted by atomic mass is 32.1. The molecule has 3 rings (SSSR count). The number of anilines is 1. The SMILES string of the molecule is CCOC(=O)Nc1nc2c(s1)CN(C(=O)NCCc1ccc(OC)cc1)CC2. The van der Waals surface area contributed by atoms with Crippen LogP contribution in [0.1, 0.15) is 23.1 Å². The van der Waals surface area contributed by atoms with E-state index in [1.54, 1.807) is 18.9 Å². The van der Waals surface area contributed by atoms with E-state index in [1.807, 2.05) is 24.3 Å². The van der Waals surface area contributed by atoms with Crippen molar-refractivity contribution in [1.82, 2.24) is 15.2 Å². The maximum absolute atomic E-state index is 12.5. The Morgan fingerprint density at radius 1 is 1.29 bits per heavy atom. The molecule has 0 unspecified atom stereocenters. The zero-order valence-corrected chi connectivity index (χ0v) is 16.8. The molecule has 2 heterocycles. The maximum atomic E-state index is 12.5. The summed E-state index contributed by atoms with van der Waals surface area (Å²) in [5.41, 5.74) is 2.07. The topological polar surface area (TPSA) is 92.8 Å². The van der Waals surface area contributed by atoms with Gasteiger partial charge in [-0.3, -0.25) is 5.32 Å². The van der Waals surface area contributed by atoms with E-state index in [0.29, 0.717) is 37.8 Å². The van der Waals surface area contributed by atoms with Gasteiger partial charge in [-0.2, -0.15) is 0 Å². The summed E-state index contributed by atoms with van der Waals surface area (Å²) in [6, 6.07) is 7.72. The standard InChI is InChI=1S/C19H24N4O4S/c1-3-27-19(25)22-17-21-15-9-11-23(12-16(15)28-17)18(24)20-10-8-13-4-6-14(26-2)7-5-13/h4-7H,3,8-12H2,1-2H3,(H,20,24)(H,21,22,25). The molecule has 0 atom stereocenters. The van der Waals surface area contributed by atoms with Gasteiger partial charge in [-0.1, -0.05) is 23.5 Å². The van der Waals surface area contributed by atoms with Crippen molar-refractivity contribution < 1.29 is 19.1 Å². The van der Waals surface area contributed by atoms with E-state index in [4.69, 9.17) is 9.47 Å². The molecule has 3 amide bonds. The van der Waals surface area contributed by atoms with Crippen molar-refractivity contribution in [3.05, 3.63) is 40.4 Å². The molecule has 0 aliphatic carbocycles. The molecule has 1 aliphatic rings. The third-order valence-electron chi connectivity index (χ3n) is 4.35. The second kappa shape index (κ2) is 9.41. The van der Waals surface area contributed by atoms with Crippen molar-refractivity contribution in [2.45, 2.75) is 26.3 Å². The van der Waals surface area contributed by atoms with Crippen molar-refractivity contribution in [2.75, 3.05) is 32.1 Å². The molecule has 1 aromatic carbocycles. The van der Waals surface area contributed by atoms with Crippen LogP contribution in [0.5, 0.6) is 5.75 Å². The van der Waals surface area contributed by atoms with Crippen LogP contribution in [0.3, 0.4) is 0 Å². The van der Waals surface area contributed by atoms with Gasteiger partial charge in [0, 0.05) is 24.4 Å². The number of ether oxygens (including phenoxy) is 2. The minimum atomic E-state index is -0.512. The van der Waals surface area contributed by atoms with Crippen LogP contribution in [0.15, 0.2) is 24.3 Å². The Morgan fingerprint density at radius 3 is 2.79 bits per heavy atom. The van der Waals surface area contributed by atoms with Crippen LogP contribution in [-0.2, 0) is 24.1 Å². The number of carbonyl (C=O) groups excluding carboxylic acids is 2. The number of nitrogens with one attached hydrogen (secondary N) is 2. The molecule has 2 N–H and O–H groups in total. The quantitative estimate of drug-likeness (QED) is 0.772. The monoisotopic (exact) mass is 404 g/mol. The van der Waals surface area contributed by atoms with Crippen LogP contribution in [-0.4, -0.2) is 48.8 Å². The number of methoxy groups -OCH3 is 1. The number of hydrogen-bond donors (Lipinski definition) is 2. The van der Waals surface area contributed by atoms with Crippen LogP contribution in [0.2, 0.25) is 0 Å². The van der Waals surface area contributed by atoms with E-state index in [9.17, 15) is 9.59 Å². The number of nitrogens with zero attached hydrogens (tertiary/aromatic N) is 2. The van der Waals surface area contributed by atoms with Crippen molar-refractivity contribution in [3.8, 4) is 5.75 Å². The Hall–Kier alpha value is -2.81. The average molecular weight is 404 g/mol. The van der Waals surface area contributed by atoms with Crippen LogP contribution in [0, 0.1) is 0 Å². The van der Waals surface area contributed by atoms with Crippen molar-refractivity contribution in [2.24, 2.45) is 0 Å². The highest BCUT2D eigenvalue weighted by Gasteiger charge is 2.24. The summed E-state index contributed by atoms with van der Waals surface area (Å²) in [5, 5.41) is 6.09. The lowest BCUT2D eigenvalue weighted by atomic mass is 10.1. The third kappa shape index (κ3) is 5.13. The highest BCUT2D eigenvalue weighted by molar-refractivity contribution is 7.15. The number of benzene rings is 1. The largest absolute Gasteiger partial charge is 0.497 e. The van der Waals surface area contributed by atoms with Gasteiger partial charge in [0.15, 0.2) is 5.13 Å². The van der Waals surface area contributed by atoms with E-state index in [1.165, 1.54) is 11.3 Å². The molecular formula is C19H24N4O4S. The Balaban J connectivity index is 1.48. The zero-order chi connectivity index (χ0) is 19.9. The highest BCUT2D eigenvalue weighted by Crippen LogP contribution is 2.28. The summed E-state index contributed by atoms with van der Waals surface area (Å²) >= 11 is 1.38. The van der Waals surface area contributed by atoms with Crippen molar-refractivity contribution in [1.29, 1.82) is 0 Å². The first-order valence-electron chi connectivity index (χ1n) is 9.17. The second-order valence-corrected chi connectivity index (χ2v) is 7.32. The van der Waals surface area contributed by atoms with Crippen LogP contribution < -0.4 is 15.4 Å². The lowest BCUT2D eigenvalue weighted by Gasteiger charge is -2.26.